The predicted octanol–water partition coefficient (Wildman–Crippen LogP) is 2.65. The van der Waals surface area contributed by atoms with Crippen LogP contribution in [-0.4, -0.2) is 59.0 Å². The molecule has 6 heteroatoms. The molecule has 0 spiro atoms. The molecule has 3 rings (SSSR count). The van der Waals surface area contributed by atoms with Crippen LogP contribution in [0.3, 0.4) is 0 Å². The maximum Gasteiger partial charge on any atom is 0.220 e. The first kappa shape index (κ1) is 20.0. The van der Waals surface area contributed by atoms with Gasteiger partial charge in [0.15, 0.2) is 0 Å². The number of amides is 2. The van der Waals surface area contributed by atoms with Gasteiger partial charge >= 0.3 is 0 Å². The van der Waals surface area contributed by atoms with Gasteiger partial charge in [-0.25, -0.2) is 4.39 Å². The maximum atomic E-state index is 14.0. The second kappa shape index (κ2) is 8.10. The highest BCUT2D eigenvalue weighted by Gasteiger charge is 2.50. The van der Waals surface area contributed by atoms with Crippen molar-refractivity contribution in [1.82, 2.24) is 9.80 Å². The Balaban J connectivity index is 1.89. The fourth-order valence-electron chi connectivity index (χ4n) is 4.05. The summed E-state index contributed by atoms with van der Waals surface area (Å²) < 4.78 is 14.0. The lowest BCUT2D eigenvalue weighted by Crippen LogP contribution is -2.68. The van der Waals surface area contributed by atoms with Crippen molar-refractivity contribution in [3.8, 4) is 11.1 Å². The minimum atomic E-state index is -0.331. The van der Waals surface area contributed by atoms with E-state index in [1.54, 1.807) is 35.0 Å². The molecular weight excluding hydrogens is 359 g/mol. The molecular formula is C22H25FN2O3. The van der Waals surface area contributed by atoms with Gasteiger partial charge in [-0.1, -0.05) is 42.5 Å². The van der Waals surface area contributed by atoms with Gasteiger partial charge in [-0.3, -0.25) is 9.59 Å². The molecule has 2 amide bonds. The fraction of sp³-hybridized carbons (Fsp3) is 0.364. The molecule has 1 N–H and O–H groups in total. The molecule has 28 heavy (non-hydrogen) atoms. The topological polar surface area (TPSA) is 60.9 Å². The molecule has 0 aliphatic carbocycles. The molecule has 1 fully saturated rings. The number of nitrogens with zero attached hydrogens (tertiary/aromatic N) is 2. The zero-order valence-electron chi connectivity index (χ0n) is 16.3. The molecule has 0 unspecified atom stereocenters. The van der Waals surface area contributed by atoms with E-state index in [2.05, 4.69) is 0 Å². The van der Waals surface area contributed by atoms with E-state index in [1.165, 1.54) is 19.9 Å². The minimum absolute atomic E-state index is 0.0791. The van der Waals surface area contributed by atoms with E-state index in [1.807, 2.05) is 24.3 Å². The van der Waals surface area contributed by atoms with E-state index in [0.717, 1.165) is 11.1 Å². The number of carbonyl (C=O) groups is 2. The summed E-state index contributed by atoms with van der Waals surface area (Å²) in [4.78, 5) is 27.0. The number of halogens is 1. The van der Waals surface area contributed by atoms with Crippen LogP contribution in [0, 0.1) is 5.82 Å². The largest absolute Gasteiger partial charge is 0.394 e. The third kappa shape index (κ3) is 3.64. The Kier molecular flexibility index (Phi) is 5.79. The molecule has 2 aromatic rings. The monoisotopic (exact) mass is 384 g/mol. The summed E-state index contributed by atoms with van der Waals surface area (Å²) in [7, 11) is 1.70. The highest BCUT2D eigenvalue weighted by atomic mass is 19.1. The van der Waals surface area contributed by atoms with Crippen molar-refractivity contribution in [2.24, 2.45) is 0 Å². The first-order valence-electron chi connectivity index (χ1n) is 9.31. The number of likely N-dealkylation sites (tertiary alicyclic amines) is 1. The van der Waals surface area contributed by atoms with Gasteiger partial charge in [0.1, 0.15) is 5.82 Å². The van der Waals surface area contributed by atoms with Gasteiger partial charge in [0.05, 0.1) is 18.7 Å². The highest BCUT2D eigenvalue weighted by Crippen LogP contribution is 2.41. The number of aliphatic hydroxyl groups is 1. The standard InChI is InChI=1S/C22H25FN2O3/c1-14(27)24(3)12-20-22(21(13-26)25(20)15(2)28)17-10-8-16(9-11-17)18-6-4-5-7-19(18)23/h4-11,20-22,26H,12-13H2,1-3H3/t20-,21+,22-/m0/s1. The Morgan fingerprint density at radius 2 is 1.71 bits per heavy atom. The van der Waals surface area contributed by atoms with Crippen molar-refractivity contribution in [3.63, 3.8) is 0 Å². The van der Waals surface area contributed by atoms with Gasteiger partial charge in [-0.05, 0) is 17.2 Å². The molecule has 0 radical (unpaired) electrons. The molecule has 148 valence electrons. The van der Waals surface area contributed by atoms with Crippen LogP contribution in [0.5, 0.6) is 0 Å². The van der Waals surface area contributed by atoms with Gasteiger partial charge in [-0.2, -0.15) is 0 Å². The lowest BCUT2D eigenvalue weighted by atomic mass is 9.74. The number of aliphatic hydroxyl groups excluding tert-OH is 1. The average Bonchev–Trinajstić information content (AvgIpc) is 2.65. The zero-order valence-corrected chi connectivity index (χ0v) is 16.3. The van der Waals surface area contributed by atoms with Gasteiger partial charge in [-0.15, -0.1) is 0 Å². The molecule has 1 saturated heterocycles. The minimum Gasteiger partial charge on any atom is -0.394 e. The molecule has 5 nitrogen and oxygen atoms in total. The molecule has 2 aromatic carbocycles. The van der Waals surface area contributed by atoms with Crippen LogP contribution in [0.1, 0.15) is 25.3 Å². The van der Waals surface area contributed by atoms with Crippen molar-refractivity contribution in [1.29, 1.82) is 0 Å². The third-order valence-electron chi connectivity index (χ3n) is 5.57. The number of benzene rings is 2. The Hall–Kier alpha value is -2.73. The summed E-state index contributed by atoms with van der Waals surface area (Å²) in [6.07, 6.45) is 0. The summed E-state index contributed by atoms with van der Waals surface area (Å²) in [6, 6.07) is 13.6. The van der Waals surface area contributed by atoms with Crippen molar-refractivity contribution in [2.45, 2.75) is 31.8 Å². The number of likely N-dealkylation sites (N-methyl/N-ethyl adjacent to an activating group) is 1. The molecule has 0 aromatic heterocycles. The van der Waals surface area contributed by atoms with Crippen molar-refractivity contribution in [3.05, 3.63) is 59.9 Å². The Morgan fingerprint density at radius 1 is 1.07 bits per heavy atom. The van der Waals surface area contributed by atoms with E-state index in [0.29, 0.717) is 12.1 Å². The van der Waals surface area contributed by atoms with Crippen LogP contribution < -0.4 is 0 Å². The van der Waals surface area contributed by atoms with Crippen LogP contribution in [0.2, 0.25) is 0 Å². The number of hydrogen-bond acceptors (Lipinski definition) is 3. The predicted molar refractivity (Wildman–Crippen MR) is 105 cm³/mol. The summed E-state index contributed by atoms with van der Waals surface area (Å²) in [5, 5.41) is 9.84. The van der Waals surface area contributed by atoms with Crippen LogP contribution in [0.15, 0.2) is 48.5 Å². The third-order valence-corrected chi connectivity index (χ3v) is 5.57. The van der Waals surface area contributed by atoms with E-state index in [9.17, 15) is 19.1 Å². The Morgan fingerprint density at radius 3 is 2.25 bits per heavy atom. The van der Waals surface area contributed by atoms with E-state index in [4.69, 9.17) is 0 Å². The summed E-state index contributed by atoms with van der Waals surface area (Å²) >= 11 is 0. The van der Waals surface area contributed by atoms with Gasteiger partial charge in [0.25, 0.3) is 0 Å². The Bertz CT molecular complexity index is 868. The van der Waals surface area contributed by atoms with Crippen LogP contribution in [0.25, 0.3) is 11.1 Å². The van der Waals surface area contributed by atoms with E-state index in [-0.39, 0.29) is 42.2 Å². The van der Waals surface area contributed by atoms with Crippen molar-refractivity contribution >= 4 is 11.8 Å². The number of carbonyl (C=O) groups excluding carboxylic acids is 2. The zero-order chi connectivity index (χ0) is 20.4. The summed E-state index contributed by atoms with van der Waals surface area (Å²) in [6.45, 7) is 3.20. The second-order valence-corrected chi connectivity index (χ2v) is 7.27. The van der Waals surface area contributed by atoms with Crippen molar-refractivity contribution in [2.75, 3.05) is 20.2 Å². The average molecular weight is 384 g/mol. The quantitative estimate of drug-likeness (QED) is 0.862. The number of hydrogen-bond donors (Lipinski definition) is 1. The maximum absolute atomic E-state index is 14.0. The number of rotatable bonds is 5. The fourth-order valence-corrected chi connectivity index (χ4v) is 4.05. The molecule has 3 atom stereocenters. The van der Waals surface area contributed by atoms with Gasteiger partial charge < -0.3 is 14.9 Å². The first-order chi connectivity index (χ1) is 13.3. The lowest BCUT2D eigenvalue weighted by Gasteiger charge is -2.55. The molecule has 1 aliphatic heterocycles. The van der Waals surface area contributed by atoms with Crippen LogP contribution >= 0.6 is 0 Å². The van der Waals surface area contributed by atoms with Crippen LogP contribution in [0.4, 0.5) is 4.39 Å². The molecule has 1 heterocycles. The van der Waals surface area contributed by atoms with Gasteiger partial charge in [0, 0.05) is 38.9 Å². The molecule has 0 saturated carbocycles. The van der Waals surface area contributed by atoms with Crippen molar-refractivity contribution < 1.29 is 19.1 Å². The van der Waals surface area contributed by atoms with E-state index < -0.39 is 0 Å². The molecule has 0 bridgehead atoms. The summed E-state index contributed by atoms with van der Waals surface area (Å²) in [5.41, 5.74) is 2.25. The first-order valence-corrected chi connectivity index (χ1v) is 9.31. The second-order valence-electron chi connectivity index (χ2n) is 7.27. The lowest BCUT2D eigenvalue weighted by molar-refractivity contribution is -0.151. The summed E-state index contributed by atoms with van der Waals surface area (Å²) in [5.74, 6) is -0.578. The Labute approximate surface area is 164 Å². The van der Waals surface area contributed by atoms with Gasteiger partial charge in [0.2, 0.25) is 11.8 Å². The van der Waals surface area contributed by atoms with E-state index >= 15 is 0 Å². The highest BCUT2D eigenvalue weighted by molar-refractivity contribution is 5.77. The normalized spacial score (nSPS) is 21.2. The SMILES string of the molecule is CC(=O)N(C)C[C@H]1[C@H](c2ccc(-c3ccccc3F)cc2)[C@@H](CO)N1C(C)=O. The molecule has 1 aliphatic rings. The van der Waals surface area contributed by atoms with Crippen LogP contribution in [-0.2, 0) is 9.59 Å². The smallest absolute Gasteiger partial charge is 0.220 e.